The molecular weight excluding hydrogens is 375 g/mol. The molecule has 1 aliphatic heterocycles. The molecule has 1 N–H and O–H groups in total. The predicted molar refractivity (Wildman–Crippen MR) is 93.5 cm³/mol. The van der Waals surface area contributed by atoms with Gasteiger partial charge in [0.05, 0.1) is 17.3 Å². The van der Waals surface area contributed by atoms with Crippen LogP contribution in [0.1, 0.15) is 12.8 Å². The van der Waals surface area contributed by atoms with Crippen LogP contribution >= 0.6 is 0 Å². The normalized spacial score (nSPS) is 17.3. The average molecular weight is 392 g/mol. The summed E-state index contributed by atoms with van der Waals surface area (Å²) in [5, 5.41) is 2.70. The van der Waals surface area contributed by atoms with Crippen molar-refractivity contribution in [2.75, 3.05) is 18.5 Å². The molecule has 0 aliphatic carbocycles. The molecule has 1 saturated heterocycles. The molecule has 27 heavy (non-hydrogen) atoms. The standard InChI is InChI=1S/C18H17FN2O5S/c19-12-5-7-14(8-6-12)27(22,23)18-17(20-11-13-3-1-9-24-13)26-16(21-18)15-4-2-10-25-15/h2,4-8,10,13,20H,1,3,9,11H2. The van der Waals surface area contributed by atoms with Crippen LogP contribution in [0.3, 0.4) is 0 Å². The summed E-state index contributed by atoms with van der Waals surface area (Å²) in [5.74, 6) is -0.186. The van der Waals surface area contributed by atoms with E-state index in [1.165, 1.54) is 18.4 Å². The maximum absolute atomic E-state index is 13.2. The van der Waals surface area contributed by atoms with Gasteiger partial charge in [0.1, 0.15) is 5.82 Å². The molecule has 2 aromatic heterocycles. The Morgan fingerprint density at radius 2 is 2.04 bits per heavy atom. The number of ether oxygens (including phenoxy) is 1. The fourth-order valence-electron chi connectivity index (χ4n) is 2.84. The molecule has 1 aromatic carbocycles. The molecule has 0 spiro atoms. The molecule has 0 saturated carbocycles. The number of anilines is 1. The Morgan fingerprint density at radius 1 is 1.22 bits per heavy atom. The third kappa shape index (κ3) is 3.60. The van der Waals surface area contributed by atoms with Gasteiger partial charge in [-0.25, -0.2) is 12.8 Å². The molecule has 9 heteroatoms. The average Bonchev–Trinajstić information content (AvgIpc) is 3.40. The van der Waals surface area contributed by atoms with Crippen LogP contribution in [0, 0.1) is 5.82 Å². The number of hydrogen-bond donors (Lipinski definition) is 1. The first-order chi connectivity index (χ1) is 13.0. The molecule has 3 aromatic rings. The summed E-state index contributed by atoms with van der Waals surface area (Å²) < 4.78 is 55.6. The van der Waals surface area contributed by atoms with Gasteiger partial charge in [-0.05, 0) is 49.2 Å². The summed E-state index contributed by atoms with van der Waals surface area (Å²) in [7, 11) is -4.02. The van der Waals surface area contributed by atoms with E-state index >= 15 is 0 Å². The second kappa shape index (κ2) is 7.16. The molecule has 1 aliphatic rings. The quantitative estimate of drug-likeness (QED) is 0.642. The molecule has 0 amide bonds. The topological polar surface area (TPSA) is 94.6 Å². The maximum Gasteiger partial charge on any atom is 0.266 e. The maximum atomic E-state index is 13.2. The number of hydrogen-bond acceptors (Lipinski definition) is 7. The first-order valence-electron chi connectivity index (χ1n) is 8.45. The largest absolute Gasteiger partial charge is 0.459 e. The predicted octanol–water partition coefficient (Wildman–Crippen LogP) is 3.50. The Hall–Kier alpha value is -2.65. The third-order valence-corrected chi connectivity index (χ3v) is 5.90. The number of sulfone groups is 1. The second-order valence-corrected chi connectivity index (χ2v) is 7.97. The van der Waals surface area contributed by atoms with Gasteiger partial charge >= 0.3 is 0 Å². The van der Waals surface area contributed by atoms with Gasteiger partial charge in [-0.2, -0.15) is 4.98 Å². The molecule has 0 radical (unpaired) electrons. The smallest absolute Gasteiger partial charge is 0.266 e. The van der Waals surface area contributed by atoms with E-state index in [2.05, 4.69) is 10.3 Å². The zero-order chi connectivity index (χ0) is 18.9. The summed E-state index contributed by atoms with van der Waals surface area (Å²) in [6, 6.07) is 7.81. The molecule has 3 heterocycles. The van der Waals surface area contributed by atoms with E-state index in [9.17, 15) is 12.8 Å². The minimum atomic E-state index is -4.02. The van der Waals surface area contributed by atoms with Crippen LogP contribution in [-0.4, -0.2) is 32.7 Å². The SMILES string of the molecule is O=S(=O)(c1ccc(F)cc1)c1nc(-c2ccco2)oc1NCC1CCCO1. The number of oxazole rings is 1. The lowest BCUT2D eigenvalue weighted by atomic mass is 10.2. The lowest BCUT2D eigenvalue weighted by Crippen LogP contribution is -2.19. The number of furan rings is 1. The highest BCUT2D eigenvalue weighted by atomic mass is 32.2. The summed E-state index contributed by atoms with van der Waals surface area (Å²) >= 11 is 0. The first-order valence-corrected chi connectivity index (χ1v) is 9.93. The Bertz CT molecular complexity index is 1010. The van der Waals surface area contributed by atoms with Gasteiger partial charge in [-0.3, -0.25) is 0 Å². The monoisotopic (exact) mass is 392 g/mol. The van der Waals surface area contributed by atoms with E-state index in [1.54, 1.807) is 12.1 Å². The number of rotatable bonds is 6. The fraction of sp³-hybridized carbons (Fsp3) is 0.278. The number of aromatic nitrogens is 1. The third-order valence-electron chi connectivity index (χ3n) is 4.22. The molecule has 142 valence electrons. The van der Waals surface area contributed by atoms with Crippen molar-refractivity contribution in [3.63, 3.8) is 0 Å². The molecule has 0 bridgehead atoms. The van der Waals surface area contributed by atoms with Crippen molar-refractivity contribution in [1.29, 1.82) is 0 Å². The van der Waals surface area contributed by atoms with Crippen molar-refractivity contribution in [2.45, 2.75) is 28.9 Å². The summed E-state index contributed by atoms with van der Waals surface area (Å²) in [6.07, 6.45) is 3.25. The van der Waals surface area contributed by atoms with Crippen molar-refractivity contribution < 1.29 is 26.4 Å². The Kier molecular flexibility index (Phi) is 4.71. The van der Waals surface area contributed by atoms with Crippen LogP contribution < -0.4 is 5.32 Å². The lowest BCUT2D eigenvalue weighted by Gasteiger charge is -2.10. The molecule has 1 fully saturated rings. The van der Waals surface area contributed by atoms with Crippen LogP contribution in [0.5, 0.6) is 0 Å². The highest BCUT2D eigenvalue weighted by molar-refractivity contribution is 7.91. The van der Waals surface area contributed by atoms with Crippen molar-refractivity contribution in [2.24, 2.45) is 0 Å². The molecule has 1 atom stereocenters. The van der Waals surface area contributed by atoms with E-state index < -0.39 is 15.7 Å². The Labute approximate surface area is 155 Å². The van der Waals surface area contributed by atoms with Crippen molar-refractivity contribution in [3.05, 3.63) is 48.5 Å². The first kappa shape index (κ1) is 17.7. The fourth-order valence-corrected chi connectivity index (χ4v) is 4.12. The van der Waals surface area contributed by atoms with Crippen molar-refractivity contribution in [3.8, 4) is 11.7 Å². The minimum Gasteiger partial charge on any atom is -0.459 e. The van der Waals surface area contributed by atoms with E-state index in [0.29, 0.717) is 18.9 Å². The summed E-state index contributed by atoms with van der Waals surface area (Å²) in [6.45, 7) is 1.07. The number of benzene rings is 1. The van der Waals surface area contributed by atoms with E-state index in [4.69, 9.17) is 13.6 Å². The van der Waals surface area contributed by atoms with E-state index in [1.807, 2.05) is 0 Å². The molecule has 4 rings (SSSR count). The lowest BCUT2D eigenvalue weighted by molar-refractivity contribution is 0.120. The zero-order valence-corrected chi connectivity index (χ0v) is 15.0. The van der Waals surface area contributed by atoms with Gasteiger partial charge in [0.15, 0.2) is 5.76 Å². The summed E-state index contributed by atoms with van der Waals surface area (Å²) in [5.41, 5.74) is 0. The van der Waals surface area contributed by atoms with Gasteiger partial charge in [0.2, 0.25) is 20.7 Å². The summed E-state index contributed by atoms with van der Waals surface area (Å²) in [4.78, 5) is 4.04. The molecular formula is C18H17FN2O5S. The Morgan fingerprint density at radius 3 is 2.70 bits per heavy atom. The van der Waals surface area contributed by atoms with Gasteiger partial charge in [-0.1, -0.05) is 0 Å². The molecule has 1 unspecified atom stereocenters. The van der Waals surface area contributed by atoms with Gasteiger partial charge in [0.25, 0.3) is 5.89 Å². The van der Waals surface area contributed by atoms with Crippen LogP contribution in [0.25, 0.3) is 11.7 Å². The van der Waals surface area contributed by atoms with E-state index in [0.717, 1.165) is 25.0 Å². The zero-order valence-electron chi connectivity index (χ0n) is 14.2. The van der Waals surface area contributed by atoms with Crippen LogP contribution in [0.15, 0.2) is 61.4 Å². The highest BCUT2D eigenvalue weighted by Gasteiger charge is 2.30. The van der Waals surface area contributed by atoms with Crippen LogP contribution in [0.2, 0.25) is 0 Å². The van der Waals surface area contributed by atoms with Crippen LogP contribution in [0.4, 0.5) is 10.3 Å². The highest BCUT2D eigenvalue weighted by Crippen LogP contribution is 2.32. The number of nitrogens with one attached hydrogen (secondary N) is 1. The number of nitrogens with zero attached hydrogens (tertiary/aromatic N) is 1. The van der Waals surface area contributed by atoms with Gasteiger partial charge in [-0.15, -0.1) is 0 Å². The second-order valence-electron chi connectivity index (χ2n) is 6.10. The minimum absolute atomic E-state index is 0.00113. The van der Waals surface area contributed by atoms with Crippen molar-refractivity contribution in [1.82, 2.24) is 4.98 Å². The van der Waals surface area contributed by atoms with Gasteiger partial charge < -0.3 is 18.9 Å². The Balaban J connectivity index is 1.71. The van der Waals surface area contributed by atoms with Gasteiger partial charge in [0, 0.05) is 13.2 Å². The van der Waals surface area contributed by atoms with Crippen molar-refractivity contribution >= 4 is 15.7 Å². The number of halogens is 1. The van der Waals surface area contributed by atoms with Crippen LogP contribution in [-0.2, 0) is 14.6 Å². The van der Waals surface area contributed by atoms with E-state index in [-0.39, 0.29) is 27.8 Å². The molecule has 7 nitrogen and oxygen atoms in total.